The molecule has 0 aliphatic heterocycles. The summed E-state index contributed by atoms with van der Waals surface area (Å²) in [5.41, 5.74) is 3.92. The Bertz CT molecular complexity index is 395. The highest BCUT2D eigenvalue weighted by Gasteiger charge is 2.30. The molecule has 80 valence electrons. The van der Waals surface area contributed by atoms with Crippen LogP contribution in [0.25, 0.3) is 5.57 Å². The highest BCUT2D eigenvalue weighted by molar-refractivity contribution is 6.17. The summed E-state index contributed by atoms with van der Waals surface area (Å²) in [6, 6.07) is 1.87. The fourth-order valence-corrected chi connectivity index (χ4v) is 0.866. The van der Waals surface area contributed by atoms with Gasteiger partial charge in [0, 0.05) is 6.20 Å². The first-order valence-electron chi connectivity index (χ1n) is 3.84. The number of amides is 1. The molecule has 0 aliphatic carbocycles. The second-order valence-corrected chi connectivity index (χ2v) is 2.77. The van der Waals surface area contributed by atoms with Crippen LogP contribution in [0.2, 0.25) is 0 Å². The standard InChI is InChI=1S/C9H7F3N2O/c1-5(8(13)15)7-3-2-6(4-14-7)9(10,11)12/h2-4H,1H2,(H2,13,15). The van der Waals surface area contributed by atoms with Crippen LogP contribution in [-0.4, -0.2) is 10.9 Å². The van der Waals surface area contributed by atoms with Crippen molar-refractivity contribution in [1.29, 1.82) is 0 Å². The van der Waals surface area contributed by atoms with Gasteiger partial charge in [0.25, 0.3) is 0 Å². The lowest BCUT2D eigenvalue weighted by atomic mass is 10.1. The largest absolute Gasteiger partial charge is 0.417 e. The topological polar surface area (TPSA) is 56.0 Å². The van der Waals surface area contributed by atoms with Gasteiger partial charge in [0.05, 0.1) is 16.8 Å². The quantitative estimate of drug-likeness (QED) is 0.763. The van der Waals surface area contributed by atoms with Crippen molar-refractivity contribution in [2.24, 2.45) is 5.73 Å². The molecule has 1 aromatic rings. The minimum Gasteiger partial charge on any atom is -0.366 e. The molecule has 0 fully saturated rings. The molecule has 0 spiro atoms. The van der Waals surface area contributed by atoms with Crippen LogP contribution in [0.4, 0.5) is 13.2 Å². The summed E-state index contributed by atoms with van der Waals surface area (Å²) in [5.74, 6) is -0.817. The Balaban J connectivity index is 3.01. The first-order valence-corrected chi connectivity index (χ1v) is 3.84. The van der Waals surface area contributed by atoms with Crippen molar-refractivity contribution in [3.8, 4) is 0 Å². The molecule has 6 heteroatoms. The predicted octanol–water partition coefficient (Wildman–Crippen LogP) is 1.60. The monoisotopic (exact) mass is 216 g/mol. The highest BCUT2D eigenvalue weighted by Crippen LogP contribution is 2.28. The molecule has 1 amide bonds. The molecule has 15 heavy (non-hydrogen) atoms. The molecular formula is C9H7F3N2O. The molecule has 1 rings (SSSR count). The number of nitrogens with zero attached hydrogens (tertiary/aromatic N) is 1. The first kappa shape index (κ1) is 11.2. The lowest BCUT2D eigenvalue weighted by Gasteiger charge is -2.06. The highest BCUT2D eigenvalue weighted by atomic mass is 19.4. The molecule has 0 atom stereocenters. The summed E-state index contributed by atoms with van der Waals surface area (Å²) in [6.07, 6.45) is -3.82. The Hall–Kier alpha value is -1.85. The zero-order chi connectivity index (χ0) is 11.6. The SMILES string of the molecule is C=C(C(N)=O)c1ccc(C(F)(F)F)cn1. The van der Waals surface area contributed by atoms with E-state index in [1.54, 1.807) is 0 Å². The molecule has 0 saturated heterocycles. The van der Waals surface area contributed by atoms with Crippen LogP contribution in [-0.2, 0) is 11.0 Å². The van der Waals surface area contributed by atoms with Gasteiger partial charge in [-0.15, -0.1) is 0 Å². The van der Waals surface area contributed by atoms with Crippen LogP contribution in [0.5, 0.6) is 0 Å². The van der Waals surface area contributed by atoms with Gasteiger partial charge in [0.2, 0.25) is 5.91 Å². The van der Waals surface area contributed by atoms with Gasteiger partial charge in [-0.05, 0) is 12.1 Å². The Labute approximate surface area is 83.4 Å². The number of primary amides is 1. The molecule has 0 saturated carbocycles. The van der Waals surface area contributed by atoms with Crippen molar-refractivity contribution in [1.82, 2.24) is 4.98 Å². The third kappa shape index (κ3) is 2.55. The maximum atomic E-state index is 12.1. The number of aromatic nitrogens is 1. The lowest BCUT2D eigenvalue weighted by molar-refractivity contribution is -0.137. The van der Waals surface area contributed by atoms with Gasteiger partial charge in [-0.1, -0.05) is 6.58 Å². The van der Waals surface area contributed by atoms with Gasteiger partial charge < -0.3 is 5.73 Å². The number of hydrogen-bond donors (Lipinski definition) is 1. The Kier molecular flexibility index (Phi) is 2.78. The van der Waals surface area contributed by atoms with Gasteiger partial charge >= 0.3 is 6.18 Å². The average Bonchev–Trinajstić information content (AvgIpc) is 2.15. The Morgan fingerprint density at radius 3 is 2.33 bits per heavy atom. The fourth-order valence-electron chi connectivity index (χ4n) is 0.866. The number of carbonyl (C=O) groups excluding carboxylic acids is 1. The molecular weight excluding hydrogens is 209 g/mol. The normalized spacial score (nSPS) is 11.1. The average molecular weight is 216 g/mol. The van der Waals surface area contributed by atoms with E-state index in [0.29, 0.717) is 6.20 Å². The summed E-state index contributed by atoms with van der Waals surface area (Å²) in [7, 11) is 0. The molecule has 0 unspecified atom stereocenters. The molecule has 1 aromatic heterocycles. The molecule has 0 radical (unpaired) electrons. The number of halogens is 3. The van der Waals surface area contributed by atoms with Gasteiger partial charge in [-0.25, -0.2) is 0 Å². The van der Waals surface area contributed by atoms with Crippen molar-refractivity contribution >= 4 is 11.5 Å². The van der Waals surface area contributed by atoms with Gasteiger partial charge in [0.1, 0.15) is 0 Å². The van der Waals surface area contributed by atoms with E-state index >= 15 is 0 Å². The number of hydrogen-bond acceptors (Lipinski definition) is 2. The minimum atomic E-state index is -4.44. The molecule has 0 aromatic carbocycles. The van der Waals surface area contributed by atoms with Crippen molar-refractivity contribution in [3.63, 3.8) is 0 Å². The van der Waals surface area contributed by atoms with E-state index in [-0.39, 0.29) is 11.3 Å². The van der Waals surface area contributed by atoms with Crippen molar-refractivity contribution in [2.45, 2.75) is 6.18 Å². The van der Waals surface area contributed by atoms with Crippen molar-refractivity contribution < 1.29 is 18.0 Å². The van der Waals surface area contributed by atoms with E-state index in [2.05, 4.69) is 11.6 Å². The fraction of sp³-hybridized carbons (Fsp3) is 0.111. The van der Waals surface area contributed by atoms with Crippen LogP contribution in [0.3, 0.4) is 0 Å². The number of pyridine rings is 1. The Morgan fingerprint density at radius 1 is 1.40 bits per heavy atom. The van der Waals surface area contributed by atoms with Crippen LogP contribution < -0.4 is 5.73 Å². The van der Waals surface area contributed by atoms with E-state index in [9.17, 15) is 18.0 Å². The van der Waals surface area contributed by atoms with Gasteiger partial charge in [0.15, 0.2) is 0 Å². The van der Waals surface area contributed by atoms with E-state index in [4.69, 9.17) is 5.73 Å². The Morgan fingerprint density at radius 2 is 2.00 bits per heavy atom. The summed E-state index contributed by atoms with van der Waals surface area (Å²) >= 11 is 0. The maximum Gasteiger partial charge on any atom is 0.417 e. The van der Waals surface area contributed by atoms with E-state index in [1.165, 1.54) is 0 Å². The summed E-state index contributed by atoms with van der Waals surface area (Å²) < 4.78 is 36.4. The smallest absolute Gasteiger partial charge is 0.366 e. The third-order valence-corrected chi connectivity index (χ3v) is 1.70. The van der Waals surface area contributed by atoms with Gasteiger partial charge in [-0.2, -0.15) is 13.2 Å². The number of alkyl halides is 3. The third-order valence-electron chi connectivity index (χ3n) is 1.70. The van der Waals surface area contributed by atoms with Crippen LogP contribution in [0.1, 0.15) is 11.3 Å². The summed E-state index contributed by atoms with van der Waals surface area (Å²) in [4.78, 5) is 14.1. The lowest BCUT2D eigenvalue weighted by Crippen LogP contribution is -2.13. The van der Waals surface area contributed by atoms with Gasteiger partial charge in [-0.3, -0.25) is 9.78 Å². The van der Waals surface area contributed by atoms with Crippen molar-refractivity contribution in [2.75, 3.05) is 0 Å². The zero-order valence-corrected chi connectivity index (χ0v) is 7.51. The van der Waals surface area contributed by atoms with E-state index in [1.807, 2.05) is 0 Å². The number of rotatable bonds is 2. The van der Waals surface area contributed by atoms with E-state index in [0.717, 1.165) is 12.1 Å². The molecule has 2 N–H and O–H groups in total. The maximum absolute atomic E-state index is 12.1. The number of nitrogens with two attached hydrogens (primary N) is 1. The van der Waals surface area contributed by atoms with Crippen LogP contribution in [0.15, 0.2) is 24.9 Å². The summed E-state index contributed by atoms with van der Waals surface area (Å²) in [6.45, 7) is 3.30. The molecule has 0 bridgehead atoms. The van der Waals surface area contributed by atoms with E-state index < -0.39 is 17.6 Å². The van der Waals surface area contributed by atoms with Crippen LogP contribution in [0, 0.1) is 0 Å². The predicted molar refractivity (Wildman–Crippen MR) is 47.5 cm³/mol. The molecule has 0 aliphatic rings. The first-order chi connectivity index (χ1) is 6.82. The zero-order valence-electron chi connectivity index (χ0n) is 7.51. The summed E-state index contributed by atoms with van der Waals surface area (Å²) in [5, 5.41) is 0. The molecule has 1 heterocycles. The number of carbonyl (C=O) groups is 1. The second-order valence-electron chi connectivity index (χ2n) is 2.77. The minimum absolute atomic E-state index is 0.0375. The van der Waals surface area contributed by atoms with Crippen LogP contribution >= 0.6 is 0 Å². The molecule has 3 nitrogen and oxygen atoms in total. The second kappa shape index (κ2) is 3.72. The van der Waals surface area contributed by atoms with Crippen molar-refractivity contribution in [3.05, 3.63) is 36.2 Å².